The van der Waals surface area contributed by atoms with Crippen LogP contribution in [0.3, 0.4) is 0 Å². The first-order chi connectivity index (χ1) is 17.0. The fourth-order valence-electron chi connectivity index (χ4n) is 3.67. The van der Waals surface area contributed by atoms with Gasteiger partial charge in [-0.05, 0) is 47.9 Å². The van der Waals surface area contributed by atoms with E-state index in [0.717, 1.165) is 43.3 Å². The third-order valence-corrected chi connectivity index (χ3v) is 6.49. The summed E-state index contributed by atoms with van der Waals surface area (Å²) in [4.78, 5) is 15.0. The van der Waals surface area contributed by atoms with Crippen molar-refractivity contribution in [1.82, 2.24) is 5.53 Å². The van der Waals surface area contributed by atoms with E-state index in [1.165, 1.54) is 0 Å². The number of carbonyl (C=O) groups is 1. The second-order valence-electron chi connectivity index (χ2n) is 8.01. The maximum atomic E-state index is 13.0. The highest BCUT2D eigenvalue weighted by Crippen LogP contribution is 2.37. The molecule has 4 aromatic rings. The van der Waals surface area contributed by atoms with Crippen molar-refractivity contribution in [3.05, 3.63) is 114 Å². The number of aryl methyl sites for hydroxylation is 1. The number of nitrogens with zero attached hydrogens (tertiary/aromatic N) is 1. The van der Waals surface area contributed by atoms with Crippen LogP contribution in [0.25, 0.3) is 11.1 Å². The number of hydrogen-bond acceptors (Lipinski definition) is 5. The monoisotopic (exact) mass is 481 g/mol. The third-order valence-electron chi connectivity index (χ3n) is 5.41. The maximum absolute atomic E-state index is 13.0. The van der Waals surface area contributed by atoms with Crippen LogP contribution in [-0.4, -0.2) is 11.7 Å². The number of rotatable bonds is 8. The molecule has 35 heavy (non-hydrogen) atoms. The first kappa shape index (κ1) is 24.1. The first-order valence-corrected chi connectivity index (χ1v) is 12.0. The van der Waals surface area contributed by atoms with Gasteiger partial charge in [0.2, 0.25) is 5.91 Å². The van der Waals surface area contributed by atoms with E-state index in [0.29, 0.717) is 0 Å². The van der Waals surface area contributed by atoms with E-state index < -0.39 is 0 Å². The summed E-state index contributed by atoms with van der Waals surface area (Å²) in [6, 6.07) is 31.7. The van der Waals surface area contributed by atoms with Gasteiger partial charge in [0, 0.05) is 15.4 Å². The average Bonchev–Trinajstić information content (AvgIpc) is 2.87. The second kappa shape index (κ2) is 11.4. The molecule has 4 aromatic carbocycles. The number of nitrogens with one attached hydrogen (secondary N) is 2. The lowest BCUT2D eigenvalue weighted by molar-refractivity contribution is -0.115. The lowest BCUT2D eigenvalue weighted by Gasteiger charge is -2.15. The Labute approximate surface area is 209 Å². The van der Waals surface area contributed by atoms with Crippen molar-refractivity contribution in [2.75, 3.05) is 5.32 Å². The van der Waals surface area contributed by atoms with Gasteiger partial charge in [-0.1, -0.05) is 90.1 Å². The van der Waals surface area contributed by atoms with E-state index in [1.54, 1.807) is 11.8 Å². The summed E-state index contributed by atoms with van der Waals surface area (Å²) in [5.74, 6) is 5.52. The molecule has 0 heterocycles. The predicted molar refractivity (Wildman–Crippen MR) is 144 cm³/mol. The molecule has 6 N–H and O–H groups in total. The molecule has 0 unspecified atom stereocenters. The van der Waals surface area contributed by atoms with Gasteiger partial charge in [-0.15, -0.1) is 5.10 Å². The van der Waals surface area contributed by atoms with Crippen LogP contribution in [0, 0.1) is 6.92 Å². The van der Waals surface area contributed by atoms with E-state index in [1.807, 2.05) is 104 Å². The Morgan fingerprint density at radius 3 is 2.37 bits per heavy atom. The van der Waals surface area contributed by atoms with Gasteiger partial charge in [-0.3, -0.25) is 4.79 Å². The summed E-state index contributed by atoms with van der Waals surface area (Å²) in [5.41, 5.74) is 13.8. The molecule has 0 radical (unpaired) electrons. The highest BCUT2D eigenvalue weighted by Gasteiger charge is 2.14. The van der Waals surface area contributed by atoms with E-state index in [-0.39, 0.29) is 18.2 Å². The zero-order valence-electron chi connectivity index (χ0n) is 19.4. The Balaban J connectivity index is 1.69. The molecule has 7 heteroatoms. The Morgan fingerprint density at radius 2 is 1.63 bits per heavy atom. The van der Waals surface area contributed by atoms with Gasteiger partial charge < -0.3 is 11.1 Å². The summed E-state index contributed by atoms with van der Waals surface area (Å²) in [6.45, 7) is 2.03. The van der Waals surface area contributed by atoms with Crippen LogP contribution in [0.15, 0.2) is 112 Å². The number of benzene rings is 4. The fourth-order valence-corrected chi connectivity index (χ4v) is 4.58. The topological polar surface area (TPSA) is 106 Å². The van der Waals surface area contributed by atoms with Gasteiger partial charge in [0.1, 0.15) is 0 Å². The van der Waals surface area contributed by atoms with Crippen LogP contribution in [0.1, 0.15) is 16.7 Å². The van der Waals surface area contributed by atoms with Crippen LogP contribution >= 0.6 is 11.8 Å². The van der Waals surface area contributed by atoms with Crippen LogP contribution < -0.4 is 22.4 Å². The molecule has 0 aliphatic heterocycles. The largest absolute Gasteiger partial charge is 0.382 e. The van der Waals surface area contributed by atoms with Crippen molar-refractivity contribution in [2.45, 2.75) is 23.1 Å². The molecular formula is C28H27N5OS. The number of hydrogen-bond donors (Lipinski definition) is 4. The zero-order valence-corrected chi connectivity index (χ0v) is 20.2. The van der Waals surface area contributed by atoms with Crippen LogP contribution in [0.2, 0.25) is 0 Å². The zero-order chi connectivity index (χ0) is 24.6. The Bertz CT molecular complexity index is 1340. The predicted octanol–water partition coefficient (Wildman–Crippen LogP) is 5.08. The average molecular weight is 482 g/mol. The van der Waals surface area contributed by atoms with Gasteiger partial charge >= 0.3 is 0 Å². The van der Waals surface area contributed by atoms with E-state index in [4.69, 9.17) is 11.6 Å². The smallest absolute Gasteiger partial charge is 0.228 e. The normalized spacial score (nSPS) is 11.2. The lowest BCUT2D eigenvalue weighted by atomic mass is 9.98. The second-order valence-corrected chi connectivity index (χ2v) is 9.12. The molecule has 176 valence electrons. The maximum Gasteiger partial charge on any atom is 0.228 e. The van der Waals surface area contributed by atoms with Crippen LogP contribution in [0.5, 0.6) is 0 Å². The van der Waals surface area contributed by atoms with Crippen molar-refractivity contribution in [1.29, 1.82) is 0 Å². The molecule has 0 saturated heterocycles. The van der Waals surface area contributed by atoms with Crippen LogP contribution in [-0.2, 0) is 11.2 Å². The number of hydrazine groups is 1. The van der Waals surface area contributed by atoms with E-state index >= 15 is 0 Å². The molecule has 0 spiro atoms. The molecule has 0 aliphatic rings. The first-order valence-electron chi connectivity index (χ1n) is 11.1. The Hall–Kier alpha value is -4.07. The number of amidine groups is 1. The molecule has 1 amide bonds. The molecule has 0 fully saturated rings. The molecule has 0 aromatic heterocycles. The highest BCUT2D eigenvalue weighted by atomic mass is 32.2. The standard InChI is InChI=1S/C28H27N5OS/c1-19-11-13-20(14-12-19)17-27(34)31-25-18-21(15-16-26(25)35-22-7-3-2-4-8-22)23-9-5-6-10-24(23)28(29)32-33-30/h2-16,18,33H,17,30H2,1H3,(H2,29,32)(H,31,34). The molecule has 0 aliphatic carbocycles. The van der Waals surface area contributed by atoms with Crippen molar-refractivity contribution in [2.24, 2.45) is 16.7 Å². The third kappa shape index (κ3) is 6.29. The Morgan fingerprint density at radius 1 is 0.914 bits per heavy atom. The molecule has 0 bridgehead atoms. The van der Waals surface area contributed by atoms with Crippen molar-refractivity contribution in [3.63, 3.8) is 0 Å². The molecule has 0 saturated carbocycles. The SMILES string of the molecule is Cc1ccc(CC(=O)Nc2cc(-c3ccccc3/C(N)=N/NN)ccc2Sc2ccccc2)cc1. The fraction of sp³-hybridized carbons (Fsp3) is 0.0714. The molecule has 0 atom stereocenters. The highest BCUT2D eigenvalue weighted by molar-refractivity contribution is 7.99. The quantitative estimate of drug-likeness (QED) is 0.122. The van der Waals surface area contributed by atoms with Crippen LogP contribution in [0.4, 0.5) is 5.69 Å². The minimum atomic E-state index is -0.0809. The summed E-state index contributed by atoms with van der Waals surface area (Å²) >= 11 is 1.60. The van der Waals surface area contributed by atoms with Crippen molar-refractivity contribution in [3.8, 4) is 11.1 Å². The van der Waals surface area contributed by atoms with E-state index in [9.17, 15) is 4.79 Å². The van der Waals surface area contributed by atoms with Gasteiger partial charge in [0.25, 0.3) is 0 Å². The summed E-state index contributed by atoms with van der Waals surface area (Å²) < 4.78 is 0. The number of anilines is 1. The van der Waals surface area contributed by atoms with Gasteiger partial charge in [-0.25, -0.2) is 11.4 Å². The summed E-state index contributed by atoms with van der Waals surface area (Å²) in [5, 5.41) is 7.05. The van der Waals surface area contributed by atoms with E-state index in [2.05, 4.69) is 16.0 Å². The molecular weight excluding hydrogens is 454 g/mol. The van der Waals surface area contributed by atoms with Gasteiger partial charge in [0.15, 0.2) is 5.84 Å². The number of hydrazone groups is 1. The van der Waals surface area contributed by atoms with Gasteiger partial charge in [0.05, 0.1) is 12.1 Å². The minimum Gasteiger partial charge on any atom is -0.382 e. The molecule has 6 nitrogen and oxygen atoms in total. The Kier molecular flexibility index (Phi) is 7.82. The number of nitrogens with two attached hydrogens (primary N) is 2. The van der Waals surface area contributed by atoms with Gasteiger partial charge in [-0.2, -0.15) is 0 Å². The minimum absolute atomic E-state index is 0.0809. The molecule has 4 rings (SSSR count). The lowest BCUT2D eigenvalue weighted by Crippen LogP contribution is -2.23. The summed E-state index contributed by atoms with van der Waals surface area (Å²) in [7, 11) is 0. The number of amides is 1. The summed E-state index contributed by atoms with van der Waals surface area (Å²) in [6.07, 6.45) is 0.290. The number of carbonyl (C=O) groups excluding carboxylic acids is 1. The van der Waals surface area contributed by atoms with Crippen molar-refractivity contribution >= 4 is 29.2 Å². The van der Waals surface area contributed by atoms with Crippen molar-refractivity contribution < 1.29 is 4.79 Å².